The molecule has 1 aromatic carbocycles. The van der Waals surface area contributed by atoms with Crippen molar-refractivity contribution < 1.29 is 0 Å². The molecule has 0 spiro atoms. The van der Waals surface area contributed by atoms with Crippen molar-refractivity contribution in [1.82, 2.24) is 9.80 Å². The van der Waals surface area contributed by atoms with Crippen molar-refractivity contribution in [2.24, 2.45) is 0 Å². The summed E-state index contributed by atoms with van der Waals surface area (Å²) in [6.45, 7) is 16.4. The highest BCUT2D eigenvalue weighted by Crippen LogP contribution is 2.23. The quantitative estimate of drug-likeness (QED) is 0.846. The summed E-state index contributed by atoms with van der Waals surface area (Å²) < 4.78 is 0. The Hall–Kier alpha value is -1.06. The van der Waals surface area contributed by atoms with Crippen LogP contribution in [0.3, 0.4) is 0 Å². The lowest BCUT2D eigenvalue weighted by Crippen LogP contribution is -2.64. The van der Waals surface area contributed by atoms with Crippen LogP contribution in [0, 0.1) is 0 Å². The highest BCUT2D eigenvalue weighted by Gasteiger charge is 2.34. The van der Waals surface area contributed by atoms with Gasteiger partial charge in [-0.25, -0.2) is 0 Å². The monoisotopic (exact) mass is 301 g/mol. The van der Waals surface area contributed by atoms with E-state index >= 15 is 0 Å². The lowest BCUT2D eigenvalue weighted by molar-refractivity contribution is 0.0115. The third kappa shape index (κ3) is 3.31. The van der Waals surface area contributed by atoms with Crippen LogP contribution in [0.2, 0.25) is 0 Å². The van der Waals surface area contributed by atoms with Crippen LogP contribution >= 0.6 is 0 Å². The summed E-state index contributed by atoms with van der Waals surface area (Å²) >= 11 is 0. The minimum Gasteiger partial charge on any atom is -0.369 e. The maximum atomic E-state index is 2.69. The van der Waals surface area contributed by atoms with Crippen molar-refractivity contribution in [3.05, 3.63) is 29.8 Å². The molecule has 0 saturated carbocycles. The minimum absolute atomic E-state index is 0.619. The van der Waals surface area contributed by atoms with E-state index in [1.165, 1.54) is 50.5 Å². The molecule has 2 saturated heterocycles. The van der Waals surface area contributed by atoms with Crippen molar-refractivity contribution in [2.45, 2.75) is 45.7 Å². The Labute approximate surface area is 135 Å². The van der Waals surface area contributed by atoms with Gasteiger partial charge in [0.15, 0.2) is 0 Å². The Morgan fingerprint density at radius 2 is 1.45 bits per heavy atom. The SMILES string of the molecule is CC(C)c1ccc(N2CCN(C3CN(C(C)C)C3)CC2)cc1. The van der Waals surface area contributed by atoms with Crippen LogP contribution in [-0.4, -0.2) is 61.2 Å². The number of hydrogen-bond acceptors (Lipinski definition) is 3. The predicted octanol–water partition coefficient (Wildman–Crippen LogP) is 3.02. The van der Waals surface area contributed by atoms with Crippen molar-refractivity contribution in [1.29, 1.82) is 0 Å². The second-order valence-electron chi connectivity index (χ2n) is 7.47. The number of rotatable bonds is 4. The van der Waals surface area contributed by atoms with Gasteiger partial charge in [0, 0.05) is 57.0 Å². The van der Waals surface area contributed by atoms with Gasteiger partial charge in [-0.3, -0.25) is 9.80 Å². The molecule has 2 aliphatic rings. The molecule has 2 heterocycles. The fraction of sp³-hybridized carbons (Fsp3) is 0.684. The van der Waals surface area contributed by atoms with Crippen molar-refractivity contribution in [3.63, 3.8) is 0 Å². The third-order valence-electron chi connectivity index (χ3n) is 5.38. The molecule has 3 heteroatoms. The molecule has 22 heavy (non-hydrogen) atoms. The molecule has 1 aromatic rings. The van der Waals surface area contributed by atoms with Gasteiger partial charge in [-0.15, -0.1) is 0 Å². The summed E-state index contributed by atoms with van der Waals surface area (Å²) in [5.74, 6) is 0.619. The minimum atomic E-state index is 0.619. The Morgan fingerprint density at radius 1 is 0.864 bits per heavy atom. The zero-order chi connectivity index (χ0) is 15.7. The molecular weight excluding hydrogens is 270 g/mol. The van der Waals surface area contributed by atoms with E-state index in [9.17, 15) is 0 Å². The van der Waals surface area contributed by atoms with Gasteiger partial charge >= 0.3 is 0 Å². The molecule has 0 aromatic heterocycles. The van der Waals surface area contributed by atoms with E-state index in [1.807, 2.05) is 0 Å². The van der Waals surface area contributed by atoms with Gasteiger partial charge in [0.2, 0.25) is 0 Å². The first-order chi connectivity index (χ1) is 10.5. The normalized spacial score (nSPS) is 21.6. The summed E-state index contributed by atoms with van der Waals surface area (Å²) in [7, 11) is 0. The molecule has 0 bridgehead atoms. The maximum absolute atomic E-state index is 2.69. The van der Waals surface area contributed by atoms with Crippen LogP contribution in [0.1, 0.15) is 39.2 Å². The summed E-state index contributed by atoms with van der Waals surface area (Å²) in [6.07, 6.45) is 0. The molecule has 2 fully saturated rings. The zero-order valence-corrected chi connectivity index (χ0v) is 14.6. The molecule has 0 unspecified atom stereocenters. The number of likely N-dealkylation sites (tertiary alicyclic amines) is 1. The van der Waals surface area contributed by atoms with Crippen LogP contribution in [0.5, 0.6) is 0 Å². The number of nitrogens with zero attached hydrogens (tertiary/aromatic N) is 3. The van der Waals surface area contributed by atoms with E-state index in [0.717, 1.165) is 6.04 Å². The molecule has 0 radical (unpaired) electrons. The van der Waals surface area contributed by atoms with E-state index in [-0.39, 0.29) is 0 Å². The van der Waals surface area contributed by atoms with E-state index in [4.69, 9.17) is 0 Å². The molecule has 0 aliphatic carbocycles. The number of benzene rings is 1. The predicted molar refractivity (Wildman–Crippen MR) is 94.8 cm³/mol. The Bertz CT molecular complexity index is 466. The zero-order valence-electron chi connectivity index (χ0n) is 14.6. The van der Waals surface area contributed by atoms with Gasteiger partial charge in [-0.05, 0) is 37.5 Å². The summed E-state index contributed by atoms with van der Waals surface area (Å²) in [5, 5.41) is 0. The van der Waals surface area contributed by atoms with Crippen molar-refractivity contribution >= 4 is 5.69 Å². The molecule has 122 valence electrons. The van der Waals surface area contributed by atoms with Crippen molar-refractivity contribution in [3.8, 4) is 0 Å². The average molecular weight is 301 g/mol. The Balaban J connectivity index is 1.49. The Morgan fingerprint density at radius 3 is 1.95 bits per heavy atom. The first-order valence-electron chi connectivity index (χ1n) is 8.87. The molecule has 0 N–H and O–H groups in total. The maximum Gasteiger partial charge on any atom is 0.0367 e. The lowest BCUT2D eigenvalue weighted by atomic mass is 10.0. The highest BCUT2D eigenvalue weighted by atomic mass is 15.4. The van der Waals surface area contributed by atoms with E-state index in [0.29, 0.717) is 12.0 Å². The van der Waals surface area contributed by atoms with Crippen LogP contribution in [0.15, 0.2) is 24.3 Å². The van der Waals surface area contributed by atoms with Gasteiger partial charge in [0.05, 0.1) is 0 Å². The molecular formula is C19H31N3. The molecule has 2 aliphatic heterocycles. The van der Waals surface area contributed by atoms with Crippen molar-refractivity contribution in [2.75, 3.05) is 44.2 Å². The number of hydrogen-bond donors (Lipinski definition) is 0. The van der Waals surface area contributed by atoms with Gasteiger partial charge in [-0.1, -0.05) is 26.0 Å². The fourth-order valence-corrected chi connectivity index (χ4v) is 3.56. The average Bonchev–Trinajstić information content (AvgIpc) is 2.46. The third-order valence-corrected chi connectivity index (χ3v) is 5.38. The number of piperazine rings is 1. The topological polar surface area (TPSA) is 9.72 Å². The highest BCUT2D eigenvalue weighted by molar-refractivity contribution is 5.48. The van der Waals surface area contributed by atoms with Crippen LogP contribution in [-0.2, 0) is 0 Å². The fourth-order valence-electron chi connectivity index (χ4n) is 3.56. The van der Waals surface area contributed by atoms with Crippen LogP contribution in [0.4, 0.5) is 5.69 Å². The van der Waals surface area contributed by atoms with Crippen LogP contribution in [0.25, 0.3) is 0 Å². The van der Waals surface area contributed by atoms with Gasteiger partial charge < -0.3 is 4.90 Å². The first kappa shape index (κ1) is 15.8. The molecule has 0 atom stereocenters. The Kier molecular flexibility index (Phi) is 4.74. The molecule has 0 amide bonds. The lowest BCUT2D eigenvalue weighted by Gasteiger charge is -2.50. The van der Waals surface area contributed by atoms with E-state index in [1.54, 1.807) is 0 Å². The van der Waals surface area contributed by atoms with Gasteiger partial charge in [0.1, 0.15) is 0 Å². The second kappa shape index (κ2) is 6.59. The summed E-state index contributed by atoms with van der Waals surface area (Å²) in [6, 6.07) is 10.7. The smallest absolute Gasteiger partial charge is 0.0367 e. The van der Waals surface area contributed by atoms with E-state index < -0.39 is 0 Å². The van der Waals surface area contributed by atoms with E-state index in [2.05, 4.69) is 66.7 Å². The molecule has 3 nitrogen and oxygen atoms in total. The number of anilines is 1. The summed E-state index contributed by atoms with van der Waals surface area (Å²) in [4.78, 5) is 7.80. The first-order valence-corrected chi connectivity index (χ1v) is 8.87. The largest absolute Gasteiger partial charge is 0.369 e. The van der Waals surface area contributed by atoms with Gasteiger partial charge in [0.25, 0.3) is 0 Å². The van der Waals surface area contributed by atoms with Crippen LogP contribution < -0.4 is 4.90 Å². The standard InChI is InChI=1S/C19H31N3/c1-15(2)17-5-7-18(8-6-17)20-9-11-21(12-10-20)19-13-22(14-19)16(3)4/h5-8,15-16,19H,9-14H2,1-4H3. The summed E-state index contributed by atoms with van der Waals surface area (Å²) in [5.41, 5.74) is 2.83. The second-order valence-corrected chi connectivity index (χ2v) is 7.47. The molecule has 3 rings (SSSR count). The van der Waals surface area contributed by atoms with Gasteiger partial charge in [-0.2, -0.15) is 0 Å².